The number of aromatic nitrogens is 1. The highest BCUT2D eigenvalue weighted by Crippen LogP contribution is 2.19. The molecule has 0 atom stereocenters. The highest BCUT2D eigenvalue weighted by molar-refractivity contribution is 5.92. The van der Waals surface area contributed by atoms with Crippen LogP contribution >= 0.6 is 0 Å². The largest absolute Gasteiger partial charge is 0.350 e. The average Bonchev–Trinajstić information content (AvgIpc) is 2.53. The SMILES string of the molecule is CC(=O)N(CCC(=O)NCc1ccccn1)c1cc(C)cc(C)c1. The minimum Gasteiger partial charge on any atom is -0.350 e. The molecule has 0 aliphatic heterocycles. The molecule has 0 bridgehead atoms. The lowest BCUT2D eigenvalue weighted by Crippen LogP contribution is -2.33. The van der Waals surface area contributed by atoms with Gasteiger partial charge < -0.3 is 10.2 Å². The first-order valence-corrected chi connectivity index (χ1v) is 7.98. The maximum absolute atomic E-state index is 12.0. The van der Waals surface area contributed by atoms with Crippen molar-refractivity contribution in [1.29, 1.82) is 0 Å². The molecule has 0 radical (unpaired) electrons. The number of hydrogen-bond donors (Lipinski definition) is 1. The Morgan fingerprint density at radius 1 is 1.12 bits per heavy atom. The lowest BCUT2D eigenvalue weighted by Gasteiger charge is -2.22. The van der Waals surface area contributed by atoms with Crippen LogP contribution in [0.4, 0.5) is 5.69 Å². The third-order valence-electron chi connectivity index (χ3n) is 3.65. The zero-order valence-electron chi connectivity index (χ0n) is 14.4. The lowest BCUT2D eigenvalue weighted by atomic mass is 10.1. The predicted octanol–water partition coefficient (Wildman–Crippen LogP) is 2.76. The average molecular weight is 325 g/mol. The fourth-order valence-electron chi connectivity index (χ4n) is 2.57. The Labute approximate surface area is 142 Å². The molecule has 126 valence electrons. The van der Waals surface area contributed by atoms with Gasteiger partial charge in [-0.15, -0.1) is 0 Å². The zero-order chi connectivity index (χ0) is 17.5. The van der Waals surface area contributed by atoms with E-state index >= 15 is 0 Å². The lowest BCUT2D eigenvalue weighted by molar-refractivity contribution is -0.121. The molecule has 0 unspecified atom stereocenters. The van der Waals surface area contributed by atoms with Gasteiger partial charge in [-0.1, -0.05) is 12.1 Å². The number of carbonyl (C=O) groups is 2. The molecule has 0 aliphatic carbocycles. The van der Waals surface area contributed by atoms with E-state index in [4.69, 9.17) is 0 Å². The second-order valence-electron chi connectivity index (χ2n) is 5.86. The number of rotatable bonds is 6. The quantitative estimate of drug-likeness (QED) is 0.888. The Morgan fingerprint density at radius 2 is 1.83 bits per heavy atom. The summed E-state index contributed by atoms with van der Waals surface area (Å²) in [5.41, 5.74) is 3.83. The molecule has 2 aromatic rings. The Hall–Kier alpha value is -2.69. The summed E-state index contributed by atoms with van der Waals surface area (Å²) >= 11 is 0. The van der Waals surface area contributed by atoms with Gasteiger partial charge in [0.1, 0.15) is 0 Å². The van der Waals surface area contributed by atoms with Crippen molar-refractivity contribution in [2.24, 2.45) is 0 Å². The first-order chi connectivity index (χ1) is 11.5. The van der Waals surface area contributed by atoms with E-state index in [-0.39, 0.29) is 18.2 Å². The Balaban J connectivity index is 1.93. The van der Waals surface area contributed by atoms with Crippen molar-refractivity contribution >= 4 is 17.5 Å². The zero-order valence-corrected chi connectivity index (χ0v) is 14.4. The van der Waals surface area contributed by atoms with E-state index in [0.29, 0.717) is 13.1 Å². The summed E-state index contributed by atoms with van der Waals surface area (Å²) in [6.07, 6.45) is 1.94. The topological polar surface area (TPSA) is 62.3 Å². The first-order valence-electron chi connectivity index (χ1n) is 7.98. The van der Waals surface area contributed by atoms with Crippen LogP contribution in [0.3, 0.4) is 0 Å². The Bertz CT molecular complexity index is 694. The number of nitrogens with one attached hydrogen (secondary N) is 1. The predicted molar refractivity (Wildman–Crippen MR) is 94.6 cm³/mol. The summed E-state index contributed by atoms with van der Waals surface area (Å²) in [5.74, 6) is -0.172. The standard InChI is InChI=1S/C19H23N3O2/c1-14-10-15(2)12-18(11-14)22(16(3)23)9-7-19(24)21-13-17-6-4-5-8-20-17/h4-6,8,10-12H,7,9,13H2,1-3H3,(H,21,24). The van der Waals surface area contributed by atoms with E-state index in [2.05, 4.69) is 16.4 Å². The molecule has 24 heavy (non-hydrogen) atoms. The van der Waals surface area contributed by atoms with E-state index in [9.17, 15) is 9.59 Å². The van der Waals surface area contributed by atoms with Gasteiger partial charge in [-0.2, -0.15) is 0 Å². The van der Waals surface area contributed by atoms with Gasteiger partial charge in [-0.25, -0.2) is 0 Å². The van der Waals surface area contributed by atoms with Crippen molar-refractivity contribution in [1.82, 2.24) is 10.3 Å². The third kappa shape index (κ3) is 5.19. The van der Waals surface area contributed by atoms with Crippen molar-refractivity contribution < 1.29 is 9.59 Å². The van der Waals surface area contributed by atoms with E-state index < -0.39 is 0 Å². The molecular formula is C19H23N3O2. The third-order valence-corrected chi connectivity index (χ3v) is 3.65. The van der Waals surface area contributed by atoms with Crippen molar-refractivity contribution in [3.63, 3.8) is 0 Å². The van der Waals surface area contributed by atoms with Crippen LogP contribution < -0.4 is 10.2 Å². The minimum absolute atomic E-state index is 0.0717. The van der Waals surface area contributed by atoms with E-state index in [1.54, 1.807) is 11.1 Å². The van der Waals surface area contributed by atoms with Crippen LogP contribution in [0.25, 0.3) is 0 Å². The number of benzene rings is 1. The molecule has 5 nitrogen and oxygen atoms in total. The number of pyridine rings is 1. The second kappa shape index (κ2) is 8.24. The maximum Gasteiger partial charge on any atom is 0.223 e. The van der Waals surface area contributed by atoms with Crippen LogP contribution in [-0.2, 0) is 16.1 Å². The summed E-state index contributed by atoms with van der Waals surface area (Å²) in [5, 5.41) is 2.83. The van der Waals surface area contributed by atoms with Crippen molar-refractivity contribution in [3.05, 3.63) is 59.4 Å². The smallest absolute Gasteiger partial charge is 0.223 e. The fraction of sp³-hybridized carbons (Fsp3) is 0.316. The molecule has 2 rings (SSSR count). The highest BCUT2D eigenvalue weighted by atomic mass is 16.2. The van der Waals surface area contributed by atoms with Crippen LogP contribution in [0.15, 0.2) is 42.6 Å². The number of hydrogen-bond acceptors (Lipinski definition) is 3. The van der Waals surface area contributed by atoms with Gasteiger partial charge in [-0.3, -0.25) is 14.6 Å². The molecule has 0 aliphatic rings. The van der Waals surface area contributed by atoms with Gasteiger partial charge in [0.25, 0.3) is 0 Å². The summed E-state index contributed by atoms with van der Waals surface area (Å²) < 4.78 is 0. The molecule has 1 aromatic carbocycles. The molecule has 0 saturated carbocycles. The summed E-state index contributed by atoms with van der Waals surface area (Å²) in [7, 11) is 0. The van der Waals surface area contributed by atoms with E-state index in [1.807, 2.05) is 44.2 Å². The van der Waals surface area contributed by atoms with E-state index in [1.165, 1.54) is 6.92 Å². The van der Waals surface area contributed by atoms with Crippen LogP contribution in [0.2, 0.25) is 0 Å². The summed E-state index contributed by atoms with van der Waals surface area (Å²) in [6, 6.07) is 11.5. The molecule has 2 amide bonds. The number of carbonyl (C=O) groups excluding carboxylic acids is 2. The number of anilines is 1. The first kappa shape index (κ1) is 17.7. The van der Waals surface area contributed by atoms with Gasteiger partial charge in [0.05, 0.1) is 12.2 Å². The van der Waals surface area contributed by atoms with Crippen LogP contribution in [0, 0.1) is 13.8 Å². The van der Waals surface area contributed by atoms with Crippen LogP contribution in [-0.4, -0.2) is 23.3 Å². The maximum atomic E-state index is 12.0. The van der Waals surface area contributed by atoms with Gasteiger partial charge in [-0.05, 0) is 49.2 Å². The number of amides is 2. The second-order valence-corrected chi connectivity index (χ2v) is 5.86. The van der Waals surface area contributed by atoms with Crippen LogP contribution in [0.5, 0.6) is 0 Å². The van der Waals surface area contributed by atoms with Crippen LogP contribution in [0.1, 0.15) is 30.2 Å². The molecule has 1 aromatic heterocycles. The molecule has 1 N–H and O–H groups in total. The summed E-state index contributed by atoms with van der Waals surface area (Å²) in [4.78, 5) is 29.8. The van der Waals surface area contributed by atoms with Gasteiger partial charge in [0.15, 0.2) is 0 Å². The number of nitrogens with zero attached hydrogens (tertiary/aromatic N) is 2. The molecule has 1 heterocycles. The van der Waals surface area contributed by atoms with Crippen molar-refractivity contribution in [3.8, 4) is 0 Å². The molecule has 0 spiro atoms. The highest BCUT2D eigenvalue weighted by Gasteiger charge is 2.14. The van der Waals surface area contributed by atoms with Crippen molar-refractivity contribution in [2.75, 3.05) is 11.4 Å². The Morgan fingerprint density at radius 3 is 2.42 bits per heavy atom. The summed E-state index contributed by atoms with van der Waals surface area (Å²) in [6.45, 7) is 6.25. The molecular weight excluding hydrogens is 302 g/mol. The van der Waals surface area contributed by atoms with Gasteiger partial charge in [0, 0.05) is 31.8 Å². The molecule has 0 fully saturated rings. The molecule has 0 saturated heterocycles. The van der Waals surface area contributed by atoms with Crippen molar-refractivity contribution in [2.45, 2.75) is 33.7 Å². The minimum atomic E-state index is -0.101. The number of aryl methyl sites for hydroxylation is 2. The Kier molecular flexibility index (Phi) is 6.07. The molecule has 5 heteroatoms. The fourth-order valence-corrected chi connectivity index (χ4v) is 2.57. The van der Waals surface area contributed by atoms with E-state index in [0.717, 1.165) is 22.5 Å². The van der Waals surface area contributed by atoms with Gasteiger partial charge in [0.2, 0.25) is 11.8 Å². The monoisotopic (exact) mass is 325 g/mol. The normalized spacial score (nSPS) is 10.3. The van der Waals surface area contributed by atoms with Gasteiger partial charge >= 0.3 is 0 Å².